The van der Waals surface area contributed by atoms with Gasteiger partial charge in [-0.15, -0.1) is 0 Å². The Morgan fingerprint density at radius 3 is 2.54 bits per heavy atom. The van der Waals surface area contributed by atoms with Crippen molar-refractivity contribution < 1.29 is 9.53 Å². The summed E-state index contributed by atoms with van der Waals surface area (Å²) in [5.41, 5.74) is -0.423. The van der Waals surface area contributed by atoms with Gasteiger partial charge in [-0.05, 0) is 33.0 Å². The summed E-state index contributed by atoms with van der Waals surface area (Å²) < 4.78 is 5.19. The first-order valence-electron chi connectivity index (χ1n) is 4.31. The van der Waals surface area contributed by atoms with E-state index in [9.17, 15) is 4.79 Å². The second-order valence-electron chi connectivity index (χ2n) is 3.92. The molecule has 1 N–H and O–H groups in total. The number of nitrogens with one attached hydrogen (secondary N) is 1. The molecule has 0 bridgehead atoms. The molecular formula is C10H15NO2. The van der Waals surface area contributed by atoms with Crippen molar-refractivity contribution in [3.8, 4) is 0 Å². The monoisotopic (exact) mass is 181 g/mol. The minimum absolute atomic E-state index is 0.242. The predicted molar refractivity (Wildman–Crippen MR) is 51.0 cm³/mol. The summed E-state index contributed by atoms with van der Waals surface area (Å²) in [6.07, 6.45) is 7.16. The highest BCUT2D eigenvalue weighted by Gasteiger charge is 2.22. The average molecular weight is 181 g/mol. The lowest BCUT2D eigenvalue weighted by molar-refractivity contribution is -0.155. The second kappa shape index (κ2) is 3.64. The number of ether oxygens (including phenoxy) is 1. The summed E-state index contributed by atoms with van der Waals surface area (Å²) in [6.45, 7) is 5.56. The van der Waals surface area contributed by atoms with Crippen LogP contribution in [0.5, 0.6) is 0 Å². The van der Waals surface area contributed by atoms with Crippen LogP contribution in [0.2, 0.25) is 0 Å². The molecule has 1 atom stereocenters. The number of carbonyl (C=O) groups excluding carboxylic acids is 1. The summed E-state index contributed by atoms with van der Waals surface area (Å²) in [7, 11) is 0. The van der Waals surface area contributed by atoms with Gasteiger partial charge < -0.3 is 10.1 Å². The molecule has 0 radical (unpaired) electrons. The molecule has 0 saturated carbocycles. The van der Waals surface area contributed by atoms with Gasteiger partial charge in [0.1, 0.15) is 11.6 Å². The predicted octanol–water partition coefficient (Wildman–Crippen LogP) is 1.37. The number of hydrogen-bond acceptors (Lipinski definition) is 3. The fourth-order valence-electron chi connectivity index (χ4n) is 0.957. The topological polar surface area (TPSA) is 38.3 Å². The standard InChI is InChI=1S/C10H15NO2/c1-10(2,3)13-9(12)8-6-4-5-7-11-8/h4-8,11H,1-3H3. The molecule has 3 nitrogen and oxygen atoms in total. The Kier molecular flexibility index (Phi) is 2.76. The van der Waals surface area contributed by atoms with Crippen molar-refractivity contribution in [2.24, 2.45) is 0 Å². The smallest absolute Gasteiger partial charge is 0.333 e. The van der Waals surface area contributed by atoms with Crippen LogP contribution in [-0.4, -0.2) is 17.6 Å². The summed E-state index contributed by atoms with van der Waals surface area (Å²) in [5, 5.41) is 2.90. The van der Waals surface area contributed by atoms with E-state index in [0.717, 1.165) is 0 Å². The lowest BCUT2D eigenvalue weighted by Gasteiger charge is -2.23. The van der Waals surface area contributed by atoms with E-state index in [0.29, 0.717) is 0 Å². The largest absolute Gasteiger partial charge is 0.458 e. The maximum absolute atomic E-state index is 11.4. The maximum atomic E-state index is 11.4. The molecule has 1 heterocycles. The maximum Gasteiger partial charge on any atom is 0.333 e. The summed E-state index contributed by atoms with van der Waals surface area (Å²) in [5.74, 6) is -0.242. The minimum Gasteiger partial charge on any atom is -0.458 e. The van der Waals surface area contributed by atoms with Crippen LogP contribution < -0.4 is 5.32 Å². The Bertz CT molecular complexity index is 248. The molecule has 0 aliphatic carbocycles. The lowest BCUT2D eigenvalue weighted by atomic mass is 10.1. The molecule has 0 fully saturated rings. The zero-order valence-electron chi connectivity index (χ0n) is 8.20. The van der Waals surface area contributed by atoms with Gasteiger partial charge >= 0.3 is 5.97 Å². The van der Waals surface area contributed by atoms with E-state index >= 15 is 0 Å². The Hall–Kier alpha value is -1.25. The zero-order valence-corrected chi connectivity index (χ0v) is 8.20. The molecule has 1 aliphatic rings. The number of carbonyl (C=O) groups is 1. The van der Waals surface area contributed by atoms with Crippen LogP contribution in [0.4, 0.5) is 0 Å². The average Bonchev–Trinajstić information content (AvgIpc) is 2.03. The first kappa shape index (κ1) is 9.84. The van der Waals surface area contributed by atoms with Crippen LogP contribution in [0.1, 0.15) is 20.8 Å². The van der Waals surface area contributed by atoms with Gasteiger partial charge in [0.2, 0.25) is 0 Å². The number of esters is 1. The first-order valence-corrected chi connectivity index (χ1v) is 4.31. The normalized spacial score (nSPS) is 21.0. The molecule has 0 amide bonds. The Morgan fingerprint density at radius 2 is 2.08 bits per heavy atom. The van der Waals surface area contributed by atoms with Crippen molar-refractivity contribution >= 4 is 5.97 Å². The first-order chi connectivity index (χ1) is 5.99. The minimum atomic E-state index is -0.423. The molecule has 1 aliphatic heterocycles. The van der Waals surface area contributed by atoms with Crippen LogP contribution >= 0.6 is 0 Å². The number of dihydropyridines is 1. The molecule has 13 heavy (non-hydrogen) atoms. The Morgan fingerprint density at radius 1 is 1.38 bits per heavy atom. The zero-order chi connectivity index (χ0) is 9.90. The van der Waals surface area contributed by atoms with E-state index in [1.54, 1.807) is 12.3 Å². The molecule has 0 saturated heterocycles. The number of hydrogen-bond donors (Lipinski definition) is 1. The van der Waals surface area contributed by atoms with Crippen molar-refractivity contribution in [2.45, 2.75) is 32.4 Å². The third-order valence-corrected chi connectivity index (χ3v) is 1.45. The van der Waals surface area contributed by atoms with E-state index in [2.05, 4.69) is 5.32 Å². The molecule has 1 unspecified atom stereocenters. The van der Waals surface area contributed by atoms with Gasteiger partial charge in [-0.3, -0.25) is 0 Å². The Labute approximate surface area is 78.5 Å². The molecule has 1 rings (SSSR count). The van der Waals surface area contributed by atoms with Crippen molar-refractivity contribution in [1.82, 2.24) is 5.32 Å². The molecule has 0 spiro atoms. The van der Waals surface area contributed by atoms with E-state index in [1.165, 1.54) is 0 Å². The summed E-state index contributed by atoms with van der Waals surface area (Å²) >= 11 is 0. The van der Waals surface area contributed by atoms with Crippen molar-refractivity contribution in [1.29, 1.82) is 0 Å². The van der Waals surface area contributed by atoms with Gasteiger partial charge in [0.05, 0.1) is 0 Å². The van der Waals surface area contributed by atoms with Crippen LogP contribution in [0.25, 0.3) is 0 Å². The van der Waals surface area contributed by atoms with Crippen LogP contribution in [0.3, 0.4) is 0 Å². The highest BCUT2D eigenvalue weighted by Crippen LogP contribution is 2.09. The van der Waals surface area contributed by atoms with E-state index in [1.807, 2.05) is 32.9 Å². The van der Waals surface area contributed by atoms with Crippen LogP contribution in [0.15, 0.2) is 24.4 Å². The summed E-state index contributed by atoms with van der Waals surface area (Å²) in [4.78, 5) is 11.4. The Balaban J connectivity index is 2.49. The fourth-order valence-corrected chi connectivity index (χ4v) is 0.957. The molecule has 3 heteroatoms. The van der Waals surface area contributed by atoms with Crippen molar-refractivity contribution in [2.75, 3.05) is 0 Å². The molecular weight excluding hydrogens is 166 g/mol. The van der Waals surface area contributed by atoms with Gasteiger partial charge in [-0.1, -0.05) is 12.2 Å². The highest BCUT2D eigenvalue weighted by atomic mass is 16.6. The van der Waals surface area contributed by atoms with E-state index in [-0.39, 0.29) is 12.0 Å². The van der Waals surface area contributed by atoms with Gasteiger partial charge in [0.25, 0.3) is 0 Å². The molecule has 0 aromatic carbocycles. The summed E-state index contributed by atoms with van der Waals surface area (Å²) in [6, 6.07) is -0.343. The van der Waals surface area contributed by atoms with Gasteiger partial charge in [0.15, 0.2) is 0 Å². The SMILES string of the molecule is CC(C)(C)OC(=O)C1C=CC=CN1. The molecule has 0 aromatic rings. The lowest BCUT2D eigenvalue weighted by Crippen LogP contribution is -2.38. The van der Waals surface area contributed by atoms with Crippen molar-refractivity contribution in [3.05, 3.63) is 24.4 Å². The third-order valence-electron chi connectivity index (χ3n) is 1.45. The number of rotatable bonds is 1. The van der Waals surface area contributed by atoms with Gasteiger partial charge in [-0.2, -0.15) is 0 Å². The van der Waals surface area contributed by atoms with Crippen LogP contribution in [0, 0.1) is 0 Å². The van der Waals surface area contributed by atoms with Crippen LogP contribution in [-0.2, 0) is 9.53 Å². The van der Waals surface area contributed by atoms with Crippen molar-refractivity contribution in [3.63, 3.8) is 0 Å². The molecule has 0 aromatic heterocycles. The fraction of sp³-hybridized carbons (Fsp3) is 0.500. The van der Waals surface area contributed by atoms with E-state index in [4.69, 9.17) is 4.74 Å². The molecule has 72 valence electrons. The van der Waals surface area contributed by atoms with Gasteiger partial charge in [0, 0.05) is 0 Å². The quantitative estimate of drug-likeness (QED) is 0.621. The van der Waals surface area contributed by atoms with E-state index < -0.39 is 5.60 Å². The number of allylic oxidation sites excluding steroid dienone is 2. The third kappa shape index (κ3) is 3.32. The second-order valence-corrected chi connectivity index (χ2v) is 3.92. The highest BCUT2D eigenvalue weighted by molar-refractivity contribution is 5.79. The van der Waals surface area contributed by atoms with Gasteiger partial charge in [-0.25, -0.2) is 4.79 Å².